The molecule has 0 aliphatic rings. The minimum Gasteiger partial charge on any atom is -0.508 e. The monoisotopic (exact) mass is 286 g/mol. The third-order valence-electron chi connectivity index (χ3n) is 1.88. The van der Waals surface area contributed by atoms with Crippen LogP contribution in [0.25, 0.3) is 10.8 Å². The van der Waals surface area contributed by atoms with E-state index in [1.165, 1.54) is 0 Å². The molecular weight excluding hydrogens is 279 g/mol. The fourth-order valence-electron chi connectivity index (χ4n) is 1.26. The topological polar surface area (TPSA) is 29.5 Å². The van der Waals surface area contributed by atoms with Gasteiger partial charge in [-0.2, -0.15) is 0 Å². The lowest BCUT2D eigenvalue weighted by Gasteiger charge is -2.00. The molecule has 0 radical (unpaired) electrons. The van der Waals surface area contributed by atoms with E-state index in [0.717, 1.165) is 16.5 Å². The summed E-state index contributed by atoms with van der Waals surface area (Å²) in [5.74, 6) is 1.07. The molecular formula is C10H7IO2. The second-order valence-electron chi connectivity index (χ2n) is 2.77. The summed E-state index contributed by atoms with van der Waals surface area (Å²) in [4.78, 5) is 0. The van der Waals surface area contributed by atoms with Crippen LogP contribution in [0.5, 0.6) is 11.5 Å². The van der Waals surface area contributed by atoms with E-state index in [0.29, 0.717) is 0 Å². The van der Waals surface area contributed by atoms with Crippen LogP contribution in [0.1, 0.15) is 0 Å². The van der Waals surface area contributed by atoms with Gasteiger partial charge in [-0.15, -0.1) is 0 Å². The van der Waals surface area contributed by atoms with E-state index in [1.807, 2.05) is 47.3 Å². The molecule has 0 bridgehead atoms. The first-order valence-corrected chi connectivity index (χ1v) is 4.69. The summed E-state index contributed by atoms with van der Waals surface area (Å²) >= 11 is 1.83. The van der Waals surface area contributed by atoms with Crippen molar-refractivity contribution in [3.05, 3.63) is 36.4 Å². The van der Waals surface area contributed by atoms with Crippen LogP contribution in [-0.2, 0) is 0 Å². The molecule has 2 aromatic rings. The minimum absolute atomic E-state index is 0.276. The summed E-state index contributed by atoms with van der Waals surface area (Å²) < 4.78 is 5.05. The summed E-state index contributed by atoms with van der Waals surface area (Å²) in [6, 6.07) is 11.0. The molecule has 0 amide bonds. The lowest BCUT2D eigenvalue weighted by molar-refractivity contribution is 0.476. The molecule has 0 fully saturated rings. The molecule has 0 spiro atoms. The van der Waals surface area contributed by atoms with Crippen molar-refractivity contribution >= 4 is 33.8 Å². The van der Waals surface area contributed by atoms with E-state index in [-0.39, 0.29) is 5.75 Å². The minimum atomic E-state index is 0.276. The first-order valence-electron chi connectivity index (χ1n) is 3.81. The standard InChI is InChI=1S/C10H7IO2/c11-13-10-4-2-7-1-3-9(12)5-8(7)6-10/h1-6,12H. The van der Waals surface area contributed by atoms with Crippen molar-refractivity contribution in [3.8, 4) is 11.5 Å². The first kappa shape index (κ1) is 8.62. The van der Waals surface area contributed by atoms with Crippen molar-refractivity contribution in [1.29, 1.82) is 0 Å². The van der Waals surface area contributed by atoms with E-state index in [9.17, 15) is 5.11 Å². The van der Waals surface area contributed by atoms with E-state index in [2.05, 4.69) is 0 Å². The highest BCUT2D eigenvalue weighted by Crippen LogP contribution is 2.24. The number of hydrogen-bond acceptors (Lipinski definition) is 2. The number of halogens is 1. The number of benzene rings is 2. The fraction of sp³-hybridized carbons (Fsp3) is 0. The van der Waals surface area contributed by atoms with Gasteiger partial charge in [-0.05, 0) is 35.0 Å². The van der Waals surface area contributed by atoms with Gasteiger partial charge in [-0.1, -0.05) is 12.1 Å². The Hall–Kier alpha value is -0.970. The molecule has 0 saturated heterocycles. The molecule has 1 N–H and O–H groups in total. The largest absolute Gasteiger partial charge is 0.508 e. The molecule has 0 aromatic heterocycles. The average Bonchev–Trinajstić information content (AvgIpc) is 2.16. The Kier molecular flexibility index (Phi) is 2.26. The highest BCUT2D eigenvalue weighted by molar-refractivity contribution is 14.1. The van der Waals surface area contributed by atoms with E-state index in [4.69, 9.17) is 3.07 Å². The zero-order valence-corrected chi connectivity index (χ0v) is 8.86. The van der Waals surface area contributed by atoms with Crippen molar-refractivity contribution in [2.24, 2.45) is 0 Å². The Morgan fingerprint density at radius 1 is 1.00 bits per heavy atom. The van der Waals surface area contributed by atoms with Gasteiger partial charge in [0, 0.05) is 0 Å². The maximum absolute atomic E-state index is 9.25. The van der Waals surface area contributed by atoms with Crippen molar-refractivity contribution in [1.82, 2.24) is 0 Å². The van der Waals surface area contributed by atoms with Crippen LogP contribution < -0.4 is 3.07 Å². The molecule has 0 aliphatic heterocycles. The van der Waals surface area contributed by atoms with E-state index < -0.39 is 0 Å². The van der Waals surface area contributed by atoms with Crippen LogP contribution in [0.3, 0.4) is 0 Å². The van der Waals surface area contributed by atoms with Gasteiger partial charge in [0.05, 0.1) is 0 Å². The van der Waals surface area contributed by atoms with Crippen LogP contribution in [0, 0.1) is 0 Å². The SMILES string of the molecule is Oc1ccc2ccc(OI)cc2c1. The molecule has 2 rings (SSSR count). The van der Waals surface area contributed by atoms with Crippen LogP contribution in [-0.4, -0.2) is 5.11 Å². The highest BCUT2D eigenvalue weighted by atomic mass is 127. The molecule has 0 aliphatic carbocycles. The van der Waals surface area contributed by atoms with Gasteiger partial charge in [0.25, 0.3) is 0 Å². The van der Waals surface area contributed by atoms with Gasteiger partial charge >= 0.3 is 0 Å². The molecule has 13 heavy (non-hydrogen) atoms. The highest BCUT2D eigenvalue weighted by Gasteiger charge is 1.97. The maximum atomic E-state index is 9.25. The van der Waals surface area contributed by atoms with Crippen LogP contribution >= 0.6 is 23.0 Å². The summed E-state index contributed by atoms with van der Waals surface area (Å²) in [5, 5.41) is 11.3. The van der Waals surface area contributed by atoms with Gasteiger partial charge in [-0.3, -0.25) is 0 Å². The Balaban J connectivity index is 2.68. The van der Waals surface area contributed by atoms with Gasteiger partial charge < -0.3 is 8.17 Å². The van der Waals surface area contributed by atoms with Crippen LogP contribution in [0.15, 0.2) is 36.4 Å². The lowest BCUT2D eigenvalue weighted by Crippen LogP contribution is -1.75. The predicted molar refractivity (Wildman–Crippen MR) is 60.3 cm³/mol. The normalized spacial score (nSPS) is 10.2. The van der Waals surface area contributed by atoms with Gasteiger partial charge in [0.2, 0.25) is 0 Å². The second kappa shape index (κ2) is 3.41. The van der Waals surface area contributed by atoms with Gasteiger partial charge in [0.15, 0.2) is 23.0 Å². The summed E-state index contributed by atoms with van der Waals surface area (Å²) in [6.07, 6.45) is 0. The summed E-state index contributed by atoms with van der Waals surface area (Å²) in [7, 11) is 0. The predicted octanol–water partition coefficient (Wildman–Crippen LogP) is 3.27. The zero-order chi connectivity index (χ0) is 9.26. The summed E-state index contributed by atoms with van der Waals surface area (Å²) in [5.41, 5.74) is 0. The number of aromatic hydroxyl groups is 1. The van der Waals surface area contributed by atoms with Crippen molar-refractivity contribution in [2.75, 3.05) is 0 Å². The summed E-state index contributed by atoms with van der Waals surface area (Å²) in [6.45, 7) is 0. The van der Waals surface area contributed by atoms with E-state index >= 15 is 0 Å². The number of fused-ring (bicyclic) bond motifs is 1. The fourth-order valence-corrected chi connectivity index (χ4v) is 1.53. The van der Waals surface area contributed by atoms with Crippen molar-refractivity contribution in [3.63, 3.8) is 0 Å². The molecule has 2 nitrogen and oxygen atoms in total. The van der Waals surface area contributed by atoms with Gasteiger partial charge in [-0.25, -0.2) is 0 Å². The third kappa shape index (κ3) is 1.70. The van der Waals surface area contributed by atoms with Crippen LogP contribution in [0.4, 0.5) is 0 Å². The Bertz CT molecular complexity index is 440. The molecule has 0 atom stereocenters. The molecule has 0 heterocycles. The van der Waals surface area contributed by atoms with Crippen LogP contribution in [0.2, 0.25) is 0 Å². The number of phenolic OH excluding ortho intramolecular Hbond substituents is 1. The number of phenols is 1. The van der Waals surface area contributed by atoms with Crippen molar-refractivity contribution < 1.29 is 8.17 Å². The maximum Gasteiger partial charge on any atom is 0.192 e. The second-order valence-corrected chi connectivity index (χ2v) is 3.21. The van der Waals surface area contributed by atoms with Gasteiger partial charge in [0.1, 0.15) is 11.5 Å². The Morgan fingerprint density at radius 2 is 1.77 bits per heavy atom. The van der Waals surface area contributed by atoms with Crippen molar-refractivity contribution in [2.45, 2.75) is 0 Å². The molecule has 2 aromatic carbocycles. The average molecular weight is 286 g/mol. The molecule has 0 saturated carbocycles. The molecule has 3 heteroatoms. The smallest absolute Gasteiger partial charge is 0.192 e. The third-order valence-corrected chi connectivity index (χ3v) is 2.39. The Labute approximate surface area is 89.8 Å². The molecule has 0 unspecified atom stereocenters. The lowest BCUT2D eigenvalue weighted by atomic mass is 10.1. The van der Waals surface area contributed by atoms with E-state index in [1.54, 1.807) is 12.1 Å². The molecule has 66 valence electrons. The zero-order valence-electron chi connectivity index (χ0n) is 6.70. The Morgan fingerprint density at radius 3 is 2.54 bits per heavy atom. The number of rotatable bonds is 1. The quantitative estimate of drug-likeness (QED) is 0.815. The first-order chi connectivity index (χ1) is 6.29. The number of hydrogen-bond donors (Lipinski definition) is 1.